The number of halogens is 3. The van der Waals surface area contributed by atoms with Crippen molar-refractivity contribution in [2.75, 3.05) is 13.1 Å². The van der Waals surface area contributed by atoms with E-state index < -0.39 is 37.0 Å². The van der Waals surface area contributed by atoms with Crippen molar-refractivity contribution in [3.63, 3.8) is 0 Å². The number of hydrogen-bond donors (Lipinski definition) is 1. The summed E-state index contributed by atoms with van der Waals surface area (Å²) >= 11 is 0. The molecule has 0 aromatic carbocycles. The van der Waals surface area contributed by atoms with Crippen LogP contribution in [0.5, 0.6) is 0 Å². The Bertz CT molecular complexity index is 322. The second-order valence-corrected chi connectivity index (χ2v) is 4.21. The highest BCUT2D eigenvalue weighted by Gasteiger charge is 2.59. The standard InChI is InChI=1S/C9H11F3N2O2/c10-9(11,12)4(2-13)3-14-7(15)5-1-6(5)8(14)16/h4-6H,1-3,13H2. The van der Waals surface area contributed by atoms with Gasteiger partial charge in [-0.1, -0.05) is 0 Å². The molecule has 0 aromatic rings. The van der Waals surface area contributed by atoms with E-state index in [1.165, 1.54) is 0 Å². The number of hydrogen-bond acceptors (Lipinski definition) is 3. The van der Waals surface area contributed by atoms with Crippen molar-refractivity contribution in [2.24, 2.45) is 23.5 Å². The summed E-state index contributed by atoms with van der Waals surface area (Å²) in [6.07, 6.45) is -3.98. The Morgan fingerprint density at radius 3 is 2.19 bits per heavy atom. The quantitative estimate of drug-likeness (QED) is 0.708. The number of likely N-dealkylation sites (tertiary alicyclic amines) is 1. The first-order chi connectivity index (χ1) is 7.36. The maximum Gasteiger partial charge on any atom is 0.394 e. The molecular formula is C9H11F3N2O2. The molecule has 2 N–H and O–H groups in total. The Balaban J connectivity index is 2.04. The fourth-order valence-corrected chi connectivity index (χ4v) is 1.96. The zero-order valence-electron chi connectivity index (χ0n) is 8.33. The van der Waals surface area contributed by atoms with Crippen LogP contribution in [0, 0.1) is 17.8 Å². The number of carbonyl (C=O) groups is 2. The molecule has 16 heavy (non-hydrogen) atoms. The number of imide groups is 1. The summed E-state index contributed by atoms with van der Waals surface area (Å²) in [5.74, 6) is -3.49. The molecule has 0 radical (unpaired) electrons. The fourth-order valence-electron chi connectivity index (χ4n) is 1.96. The van der Waals surface area contributed by atoms with Crippen molar-refractivity contribution in [3.8, 4) is 0 Å². The van der Waals surface area contributed by atoms with Crippen LogP contribution < -0.4 is 5.73 Å². The molecule has 0 aromatic heterocycles. The second kappa shape index (κ2) is 3.44. The van der Waals surface area contributed by atoms with E-state index in [0.717, 1.165) is 0 Å². The van der Waals surface area contributed by atoms with Gasteiger partial charge in [0.25, 0.3) is 0 Å². The first-order valence-corrected chi connectivity index (χ1v) is 4.98. The molecule has 3 atom stereocenters. The smallest absolute Gasteiger partial charge is 0.330 e. The Morgan fingerprint density at radius 2 is 1.81 bits per heavy atom. The Hall–Kier alpha value is -1.11. The maximum absolute atomic E-state index is 12.4. The third-order valence-electron chi connectivity index (χ3n) is 3.11. The van der Waals surface area contributed by atoms with E-state index in [-0.39, 0.29) is 11.8 Å². The van der Waals surface area contributed by atoms with E-state index >= 15 is 0 Å². The fraction of sp³-hybridized carbons (Fsp3) is 0.778. The van der Waals surface area contributed by atoms with Gasteiger partial charge in [-0.15, -0.1) is 0 Å². The molecule has 2 fully saturated rings. The monoisotopic (exact) mass is 236 g/mol. The minimum absolute atomic E-state index is 0.362. The minimum atomic E-state index is -4.47. The summed E-state index contributed by atoms with van der Waals surface area (Å²) < 4.78 is 37.2. The molecule has 3 unspecified atom stereocenters. The Labute approximate surface area is 89.6 Å². The number of piperidine rings is 1. The number of fused-ring (bicyclic) bond motifs is 1. The summed E-state index contributed by atoms with van der Waals surface area (Å²) in [6, 6.07) is 0. The molecule has 1 aliphatic carbocycles. The van der Waals surface area contributed by atoms with Crippen LogP contribution in [0.2, 0.25) is 0 Å². The predicted molar refractivity (Wildman–Crippen MR) is 46.9 cm³/mol. The zero-order valence-corrected chi connectivity index (χ0v) is 8.33. The SMILES string of the molecule is NCC(CN1C(=O)C2CC2C1=O)C(F)(F)F. The van der Waals surface area contributed by atoms with Crippen molar-refractivity contribution < 1.29 is 22.8 Å². The second-order valence-electron chi connectivity index (χ2n) is 4.21. The van der Waals surface area contributed by atoms with Gasteiger partial charge in [-0.25, -0.2) is 0 Å². The van der Waals surface area contributed by atoms with Crippen LogP contribution in [0.1, 0.15) is 6.42 Å². The van der Waals surface area contributed by atoms with Gasteiger partial charge >= 0.3 is 6.18 Å². The molecule has 1 aliphatic heterocycles. The molecule has 2 aliphatic rings. The van der Waals surface area contributed by atoms with Crippen LogP contribution in [0.25, 0.3) is 0 Å². The van der Waals surface area contributed by atoms with Crippen LogP contribution in [-0.4, -0.2) is 36.0 Å². The lowest BCUT2D eigenvalue weighted by molar-refractivity contribution is -0.178. The van der Waals surface area contributed by atoms with Gasteiger partial charge in [-0.2, -0.15) is 13.2 Å². The lowest BCUT2D eigenvalue weighted by Gasteiger charge is -2.24. The van der Waals surface area contributed by atoms with Crippen LogP contribution in [-0.2, 0) is 9.59 Å². The third-order valence-corrected chi connectivity index (χ3v) is 3.11. The lowest BCUT2D eigenvalue weighted by atomic mass is 10.1. The van der Waals surface area contributed by atoms with E-state index in [9.17, 15) is 22.8 Å². The average Bonchev–Trinajstić information content (AvgIpc) is 2.90. The molecule has 90 valence electrons. The number of rotatable bonds is 3. The van der Waals surface area contributed by atoms with Crippen LogP contribution in [0.15, 0.2) is 0 Å². The van der Waals surface area contributed by atoms with Gasteiger partial charge < -0.3 is 5.73 Å². The molecule has 7 heteroatoms. The molecule has 1 saturated carbocycles. The number of amides is 2. The molecule has 0 spiro atoms. The van der Waals surface area contributed by atoms with Gasteiger partial charge in [0.2, 0.25) is 11.8 Å². The van der Waals surface area contributed by atoms with E-state index in [1.54, 1.807) is 0 Å². The number of nitrogens with two attached hydrogens (primary N) is 1. The largest absolute Gasteiger partial charge is 0.394 e. The average molecular weight is 236 g/mol. The molecule has 4 nitrogen and oxygen atoms in total. The normalized spacial score (nSPS) is 30.6. The zero-order chi connectivity index (χ0) is 12.1. The van der Waals surface area contributed by atoms with Crippen molar-refractivity contribution in [3.05, 3.63) is 0 Å². The number of nitrogens with zero attached hydrogens (tertiary/aromatic N) is 1. The van der Waals surface area contributed by atoms with Crippen molar-refractivity contribution in [1.29, 1.82) is 0 Å². The first kappa shape index (κ1) is 11.4. The van der Waals surface area contributed by atoms with Crippen LogP contribution in [0.3, 0.4) is 0 Å². The van der Waals surface area contributed by atoms with Crippen molar-refractivity contribution >= 4 is 11.8 Å². The van der Waals surface area contributed by atoms with Crippen LogP contribution in [0.4, 0.5) is 13.2 Å². The molecule has 1 saturated heterocycles. The maximum atomic E-state index is 12.4. The summed E-state index contributed by atoms with van der Waals surface area (Å²) in [5, 5.41) is 0. The Morgan fingerprint density at radius 1 is 1.31 bits per heavy atom. The summed E-state index contributed by atoms with van der Waals surface area (Å²) in [4.78, 5) is 23.6. The topological polar surface area (TPSA) is 63.4 Å². The minimum Gasteiger partial charge on any atom is -0.330 e. The lowest BCUT2D eigenvalue weighted by Crippen LogP contribution is -2.44. The Kier molecular flexibility index (Phi) is 2.45. The van der Waals surface area contributed by atoms with Gasteiger partial charge in [0.15, 0.2) is 0 Å². The molecule has 1 heterocycles. The molecule has 0 bridgehead atoms. The van der Waals surface area contributed by atoms with Gasteiger partial charge in [0.05, 0.1) is 17.8 Å². The summed E-state index contributed by atoms with van der Waals surface area (Å²) in [5.41, 5.74) is 5.00. The van der Waals surface area contributed by atoms with E-state index in [1.807, 2.05) is 0 Å². The number of alkyl halides is 3. The molecule has 2 amide bonds. The molecule has 2 rings (SSSR count). The summed E-state index contributed by atoms with van der Waals surface area (Å²) in [7, 11) is 0. The van der Waals surface area contributed by atoms with Gasteiger partial charge in [0, 0.05) is 13.1 Å². The van der Waals surface area contributed by atoms with E-state index in [2.05, 4.69) is 0 Å². The van der Waals surface area contributed by atoms with Gasteiger partial charge in [-0.3, -0.25) is 14.5 Å². The predicted octanol–water partition coefficient (Wildman–Crippen LogP) is 0.128. The highest BCUT2D eigenvalue weighted by molar-refractivity contribution is 6.08. The first-order valence-electron chi connectivity index (χ1n) is 4.98. The van der Waals surface area contributed by atoms with Crippen LogP contribution >= 0.6 is 0 Å². The highest BCUT2D eigenvalue weighted by atomic mass is 19.4. The third kappa shape index (κ3) is 1.68. The van der Waals surface area contributed by atoms with E-state index in [0.29, 0.717) is 11.3 Å². The van der Waals surface area contributed by atoms with E-state index in [4.69, 9.17) is 5.73 Å². The van der Waals surface area contributed by atoms with Gasteiger partial charge in [0.1, 0.15) is 0 Å². The van der Waals surface area contributed by atoms with Crippen molar-refractivity contribution in [1.82, 2.24) is 4.90 Å². The summed E-state index contributed by atoms with van der Waals surface area (Å²) in [6.45, 7) is -1.25. The number of carbonyl (C=O) groups excluding carboxylic acids is 2. The van der Waals surface area contributed by atoms with Crippen molar-refractivity contribution in [2.45, 2.75) is 12.6 Å². The highest BCUT2D eigenvalue weighted by Crippen LogP contribution is 2.47. The molecular weight excluding hydrogens is 225 g/mol. The van der Waals surface area contributed by atoms with Gasteiger partial charge in [-0.05, 0) is 6.42 Å².